The maximum Gasteiger partial charge on any atom is 0.196 e. The largest absolute Gasteiger partial charge is 0.298 e. The quantitative estimate of drug-likeness (QED) is 0.607. The first-order valence-electron chi connectivity index (χ1n) is 9.79. The molecule has 4 rings (SSSR count). The Kier molecular flexibility index (Phi) is 5.57. The van der Waals surface area contributed by atoms with Crippen LogP contribution in [0.15, 0.2) is 53.9 Å². The summed E-state index contributed by atoms with van der Waals surface area (Å²) < 4.78 is 2.10. The molecular formula is C22H24N4OS. The molecule has 0 saturated heterocycles. The molecule has 1 aliphatic rings. The molecule has 0 spiro atoms. The number of ketones is 1. The first-order valence-corrected chi connectivity index (χ1v) is 10.7. The molecule has 0 radical (unpaired) electrons. The van der Waals surface area contributed by atoms with Gasteiger partial charge in [0.15, 0.2) is 11.0 Å². The maximum absolute atomic E-state index is 12.4. The number of pyridine rings is 1. The Morgan fingerprint density at radius 2 is 1.96 bits per heavy atom. The monoisotopic (exact) mass is 392 g/mol. The van der Waals surface area contributed by atoms with Crippen molar-refractivity contribution in [3.8, 4) is 17.1 Å². The van der Waals surface area contributed by atoms with Crippen molar-refractivity contribution in [1.82, 2.24) is 19.7 Å². The van der Waals surface area contributed by atoms with Crippen molar-refractivity contribution < 1.29 is 4.79 Å². The van der Waals surface area contributed by atoms with E-state index in [1.54, 1.807) is 24.2 Å². The fourth-order valence-corrected chi connectivity index (χ4v) is 4.79. The summed E-state index contributed by atoms with van der Waals surface area (Å²) in [6, 6.07) is 12.2. The molecule has 1 atom stereocenters. The van der Waals surface area contributed by atoms with Crippen molar-refractivity contribution in [3.05, 3.63) is 54.4 Å². The van der Waals surface area contributed by atoms with Crippen LogP contribution in [0.5, 0.6) is 0 Å². The van der Waals surface area contributed by atoms with Gasteiger partial charge in [-0.15, -0.1) is 10.2 Å². The molecule has 3 aromatic rings. The topological polar surface area (TPSA) is 60.7 Å². The van der Waals surface area contributed by atoms with Gasteiger partial charge in [-0.25, -0.2) is 0 Å². The molecule has 0 aliphatic heterocycles. The van der Waals surface area contributed by atoms with Crippen molar-refractivity contribution in [1.29, 1.82) is 0 Å². The lowest BCUT2D eigenvalue weighted by Gasteiger charge is -2.21. The van der Waals surface area contributed by atoms with Crippen LogP contribution in [0, 0.1) is 0 Å². The standard InChI is InChI=1S/C22H24N4OS/c1-15(2)17-9-3-4-10-18(17)26-21(16-8-7-13-23-14-16)24-25-22(26)28-20-12-6-5-11-19(20)27/h3-4,7-10,13-15,20H,5-6,11-12H2,1-2H3. The average molecular weight is 393 g/mol. The van der Waals surface area contributed by atoms with Crippen molar-refractivity contribution in [3.63, 3.8) is 0 Å². The molecule has 1 aromatic carbocycles. The Morgan fingerprint density at radius 1 is 1.11 bits per heavy atom. The summed E-state index contributed by atoms with van der Waals surface area (Å²) in [5, 5.41) is 9.72. The minimum absolute atomic E-state index is 0.0374. The fraction of sp³-hybridized carbons (Fsp3) is 0.364. The lowest BCUT2D eigenvalue weighted by molar-refractivity contribution is -0.119. The van der Waals surface area contributed by atoms with Crippen molar-refractivity contribution in [2.75, 3.05) is 0 Å². The van der Waals surface area contributed by atoms with Gasteiger partial charge in [0.1, 0.15) is 5.78 Å². The number of hydrogen-bond donors (Lipinski definition) is 0. The fourth-order valence-electron chi connectivity index (χ4n) is 3.63. The van der Waals surface area contributed by atoms with Crippen LogP contribution in [-0.2, 0) is 4.79 Å². The zero-order valence-electron chi connectivity index (χ0n) is 16.2. The molecule has 2 aromatic heterocycles. The number of carbonyl (C=O) groups excluding carboxylic acids is 1. The summed E-state index contributed by atoms with van der Waals surface area (Å²) in [5.74, 6) is 1.44. The molecule has 0 amide bonds. The molecule has 0 bridgehead atoms. The number of para-hydroxylation sites is 1. The average Bonchev–Trinajstić information content (AvgIpc) is 3.14. The first kappa shape index (κ1) is 18.9. The normalized spacial score (nSPS) is 17.2. The number of nitrogens with zero attached hydrogens (tertiary/aromatic N) is 4. The van der Waals surface area contributed by atoms with Gasteiger partial charge >= 0.3 is 0 Å². The minimum Gasteiger partial charge on any atom is -0.298 e. The summed E-state index contributed by atoms with van der Waals surface area (Å²) in [6.45, 7) is 4.37. The van der Waals surface area contributed by atoms with Crippen LogP contribution < -0.4 is 0 Å². The van der Waals surface area contributed by atoms with Gasteiger partial charge in [-0.3, -0.25) is 14.3 Å². The molecule has 2 heterocycles. The Morgan fingerprint density at radius 3 is 2.71 bits per heavy atom. The van der Waals surface area contributed by atoms with E-state index in [1.165, 1.54) is 5.56 Å². The van der Waals surface area contributed by atoms with Gasteiger partial charge < -0.3 is 0 Å². The van der Waals surface area contributed by atoms with Crippen LogP contribution in [0.2, 0.25) is 0 Å². The molecule has 28 heavy (non-hydrogen) atoms. The summed E-state index contributed by atoms with van der Waals surface area (Å²) in [6.07, 6.45) is 7.23. The van der Waals surface area contributed by atoms with E-state index in [4.69, 9.17) is 0 Å². The van der Waals surface area contributed by atoms with E-state index >= 15 is 0 Å². The Bertz CT molecular complexity index is 968. The number of aromatic nitrogens is 4. The summed E-state index contributed by atoms with van der Waals surface area (Å²) in [5.41, 5.74) is 3.20. The Hall–Kier alpha value is -2.47. The van der Waals surface area contributed by atoms with E-state index < -0.39 is 0 Å². The van der Waals surface area contributed by atoms with Crippen molar-refractivity contribution in [2.45, 2.75) is 55.9 Å². The molecule has 1 fully saturated rings. The highest BCUT2D eigenvalue weighted by molar-refractivity contribution is 8.00. The molecule has 1 unspecified atom stereocenters. The van der Waals surface area contributed by atoms with E-state index in [0.29, 0.717) is 18.1 Å². The highest BCUT2D eigenvalue weighted by atomic mass is 32.2. The molecule has 0 N–H and O–H groups in total. The predicted molar refractivity (Wildman–Crippen MR) is 112 cm³/mol. The number of hydrogen-bond acceptors (Lipinski definition) is 5. The van der Waals surface area contributed by atoms with Crippen LogP contribution in [0.4, 0.5) is 0 Å². The summed E-state index contributed by atoms with van der Waals surface area (Å²) >= 11 is 1.55. The smallest absolute Gasteiger partial charge is 0.196 e. The van der Waals surface area contributed by atoms with Gasteiger partial charge in [0.25, 0.3) is 0 Å². The third kappa shape index (κ3) is 3.74. The molecule has 1 aliphatic carbocycles. The van der Waals surface area contributed by atoms with Crippen LogP contribution in [0.25, 0.3) is 17.1 Å². The minimum atomic E-state index is -0.0374. The molecule has 5 nitrogen and oxygen atoms in total. The first-order chi connectivity index (χ1) is 13.6. The van der Waals surface area contributed by atoms with Gasteiger partial charge in [-0.2, -0.15) is 0 Å². The highest BCUT2D eigenvalue weighted by Gasteiger charge is 2.27. The highest BCUT2D eigenvalue weighted by Crippen LogP contribution is 2.36. The zero-order chi connectivity index (χ0) is 19.5. The van der Waals surface area contributed by atoms with Crippen LogP contribution in [0.3, 0.4) is 0 Å². The zero-order valence-corrected chi connectivity index (χ0v) is 17.0. The predicted octanol–water partition coefficient (Wildman–Crippen LogP) is 5.06. The molecular weight excluding hydrogens is 368 g/mol. The van der Waals surface area contributed by atoms with E-state index in [0.717, 1.165) is 41.5 Å². The van der Waals surface area contributed by atoms with Gasteiger partial charge in [-0.1, -0.05) is 50.2 Å². The third-order valence-electron chi connectivity index (χ3n) is 5.10. The van der Waals surface area contributed by atoms with Crippen molar-refractivity contribution in [2.24, 2.45) is 0 Å². The van der Waals surface area contributed by atoms with E-state index in [1.807, 2.05) is 18.2 Å². The Labute approximate surface area is 169 Å². The third-order valence-corrected chi connectivity index (χ3v) is 6.36. The molecule has 1 saturated carbocycles. The van der Waals surface area contributed by atoms with Crippen molar-refractivity contribution >= 4 is 17.5 Å². The van der Waals surface area contributed by atoms with Crippen LogP contribution >= 0.6 is 11.8 Å². The summed E-state index contributed by atoms with van der Waals surface area (Å²) in [7, 11) is 0. The number of carbonyl (C=O) groups is 1. The SMILES string of the molecule is CC(C)c1ccccc1-n1c(SC2CCCCC2=O)nnc1-c1cccnc1. The van der Waals surface area contributed by atoms with Gasteiger partial charge in [0.05, 0.1) is 10.9 Å². The number of thioether (sulfide) groups is 1. The van der Waals surface area contributed by atoms with Crippen LogP contribution in [0.1, 0.15) is 51.0 Å². The van der Waals surface area contributed by atoms with Gasteiger partial charge in [0, 0.05) is 24.4 Å². The molecule has 144 valence electrons. The second kappa shape index (κ2) is 8.27. The number of Topliss-reactive ketones (excluding diaryl/α,β-unsaturated/α-hetero) is 1. The lowest BCUT2D eigenvalue weighted by atomic mass is 9.99. The second-order valence-corrected chi connectivity index (χ2v) is 8.59. The lowest BCUT2D eigenvalue weighted by Crippen LogP contribution is -2.22. The Balaban J connectivity index is 1.84. The van der Waals surface area contributed by atoms with Crippen LogP contribution in [-0.4, -0.2) is 30.8 Å². The van der Waals surface area contributed by atoms with E-state index in [-0.39, 0.29) is 5.25 Å². The van der Waals surface area contributed by atoms with E-state index in [9.17, 15) is 4.79 Å². The van der Waals surface area contributed by atoms with Gasteiger partial charge in [0.2, 0.25) is 0 Å². The molecule has 6 heteroatoms. The summed E-state index contributed by atoms with van der Waals surface area (Å²) in [4.78, 5) is 16.7. The maximum atomic E-state index is 12.4. The second-order valence-electron chi connectivity index (χ2n) is 7.42. The van der Waals surface area contributed by atoms with E-state index in [2.05, 4.69) is 51.8 Å². The number of rotatable bonds is 5. The van der Waals surface area contributed by atoms with Gasteiger partial charge in [-0.05, 0) is 42.5 Å². The number of benzene rings is 1.